The number of hydrogen-bond acceptors (Lipinski definition) is 4. The minimum absolute atomic E-state index is 0.0410. The maximum atomic E-state index is 11.1. The van der Waals surface area contributed by atoms with Crippen LogP contribution in [-0.2, 0) is 4.79 Å². The first kappa shape index (κ1) is 9.54. The molecule has 1 rings (SSSR count). The van der Waals surface area contributed by atoms with Gasteiger partial charge in [-0.05, 0) is 6.26 Å². The van der Waals surface area contributed by atoms with Crippen LogP contribution in [0.25, 0.3) is 0 Å². The fourth-order valence-electron chi connectivity index (χ4n) is 0.662. The maximum Gasteiger partial charge on any atom is 0.226 e. The van der Waals surface area contributed by atoms with Crippen molar-refractivity contribution in [2.24, 2.45) is 0 Å². The van der Waals surface area contributed by atoms with E-state index in [0.717, 1.165) is 5.75 Å². The second-order valence-corrected chi connectivity index (χ2v) is 4.01. The smallest absolute Gasteiger partial charge is 0.226 e. The van der Waals surface area contributed by atoms with Crippen LogP contribution in [0.3, 0.4) is 0 Å². The lowest BCUT2D eigenvalue weighted by atomic mass is 10.5. The van der Waals surface area contributed by atoms with Crippen molar-refractivity contribution in [3.63, 3.8) is 0 Å². The van der Waals surface area contributed by atoms with E-state index < -0.39 is 0 Å². The van der Waals surface area contributed by atoms with Crippen LogP contribution in [0.4, 0.5) is 5.13 Å². The third-order valence-corrected chi connectivity index (χ3v) is 2.51. The fourth-order valence-corrected chi connectivity index (χ4v) is 1.60. The molecule has 12 heavy (non-hydrogen) atoms. The standard InChI is InChI=1S/C7H10N2OS2/c1-11-4-2-6(10)9-7-8-3-5-12-7/h3,5H,2,4H2,1H3,(H,8,9,10). The highest BCUT2D eigenvalue weighted by atomic mass is 32.2. The molecule has 0 atom stereocenters. The number of rotatable bonds is 4. The summed E-state index contributed by atoms with van der Waals surface area (Å²) in [5, 5.41) is 5.23. The van der Waals surface area contributed by atoms with E-state index in [0.29, 0.717) is 11.6 Å². The first-order valence-electron chi connectivity index (χ1n) is 3.51. The Balaban J connectivity index is 2.27. The summed E-state index contributed by atoms with van der Waals surface area (Å²) in [6, 6.07) is 0. The molecule has 1 aromatic heterocycles. The number of thiazole rings is 1. The Morgan fingerprint density at radius 3 is 3.25 bits per heavy atom. The van der Waals surface area contributed by atoms with Gasteiger partial charge in [-0.2, -0.15) is 11.8 Å². The lowest BCUT2D eigenvalue weighted by Crippen LogP contribution is -2.11. The molecule has 0 bridgehead atoms. The molecule has 0 radical (unpaired) electrons. The third-order valence-electron chi connectivity index (χ3n) is 1.21. The third kappa shape index (κ3) is 3.23. The molecule has 0 fully saturated rings. The molecule has 1 heterocycles. The molecule has 0 saturated carbocycles. The number of anilines is 1. The van der Waals surface area contributed by atoms with Crippen LogP contribution in [0.15, 0.2) is 11.6 Å². The van der Waals surface area contributed by atoms with Crippen molar-refractivity contribution in [1.29, 1.82) is 0 Å². The number of amides is 1. The van der Waals surface area contributed by atoms with Gasteiger partial charge < -0.3 is 5.32 Å². The van der Waals surface area contributed by atoms with Gasteiger partial charge in [-0.1, -0.05) is 0 Å². The van der Waals surface area contributed by atoms with Gasteiger partial charge in [0.15, 0.2) is 5.13 Å². The highest BCUT2D eigenvalue weighted by Gasteiger charge is 2.01. The Kier molecular flexibility index (Phi) is 4.10. The van der Waals surface area contributed by atoms with Crippen molar-refractivity contribution >= 4 is 34.1 Å². The zero-order valence-corrected chi connectivity index (χ0v) is 8.37. The van der Waals surface area contributed by atoms with E-state index in [1.54, 1.807) is 18.0 Å². The topological polar surface area (TPSA) is 42.0 Å². The predicted octanol–water partition coefficient (Wildman–Crippen LogP) is 1.83. The van der Waals surface area contributed by atoms with Crippen LogP contribution >= 0.6 is 23.1 Å². The van der Waals surface area contributed by atoms with Gasteiger partial charge >= 0.3 is 0 Å². The zero-order valence-electron chi connectivity index (χ0n) is 6.74. The highest BCUT2D eigenvalue weighted by molar-refractivity contribution is 7.98. The van der Waals surface area contributed by atoms with Crippen LogP contribution in [0, 0.1) is 0 Å². The molecule has 3 nitrogen and oxygen atoms in total. The number of nitrogens with zero attached hydrogens (tertiary/aromatic N) is 1. The summed E-state index contributed by atoms with van der Waals surface area (Å²) in [7, 11) is 0. The minimum atomic E-state index is 0.0410. The van der Waals surface area contributed by atoms with Crippen molar-refractivity contribution in [3.8, 4) is 0 Å². The van der Waals surface area contributed by atoms with E-state index in [2.05, 4.69) is 10.3 Å². The van der Waals surface area contributed by atoms with Gasteiger partial charge in [0.25, 0.3) is 0 Å². The predicted molar refractivity (Wildman–Crippen MR) is 53.7 cm³/mol. The minimum Gasteiger partial charge on any atom is -0.302 e. The summed E-state index contributed by atoms with van der Waals surface area (Å²) in [5.41, 5.74) is 0. The number of aromatic nitrogens is 1. The van der Waals surface area contributed by atoms with E-state index in [9.17, 15) is 4.79 Å². The van der Waals surface area contributed by atoms with E-state index in [-0.39, 0.29) is 5.91 Å². The van der Waals surface area contributed by atoms with Crippen LogP contribution in [0.2, 0.25) is 0 Å². The first-order valence-corrected chi connectivity index (χ1v) is 5.78. The molecule has 5 heteroatoms. The van der Waals surface area contributed by atoms with Crippen molar-refractivity contribution in [2.75, 3.05) is 17.3 Å². The van der Waals surface area contributed by atoms with Gasteiger partial charge in [-0.25, -0.2) is 4.98 Å². The summed E-state index contributed by atoms with van der Waals surface area (Å²) in [6.45, 7) is 0. The number of thioether (sulfide) groups is 1. The van der Waals surface area contributed by atoms with E-state index in [1.165, 1.54) is 11.3 Å². The molecule has 1 aromatic rings. The van der Waals surface area contributed by atoms with Crippen LogP contribution in [-0.4, -0.2) is 22.9 Å². The molecule has 0 aliphatic heterocycles. The summed E-state index contributed by atoms with van der Waals surface area (Å²) in [5.74, 6) is 0.899. The summed E-state index contributed by atoms with van der Waals surface area (Å²) >= 11 is 3.10. The molecule has 1 N–H and O–H groups in total. The number of hydrogen-bond donors (Lipinski definition) is 1. The van der Waals surface area contributed by atoms with Gasteiger partial charge in [0.2, 0.25) is 5.91 Å². The molecular formula is C7H10N2OS2. The Labute approximate surface area is 79.6 Å². The van der Waals surface area contributed by atoms with Gasteiger partial charge in [0, 0.05) is 23.8 Å². The van der Waals surface area contributed by atoms with Gasteiger partial charge in [0.05, 0.1) is 0 Å². The summed E-state index contributed by atoms with van der Waals surface area (Å²) in [6.07, 6.45) is 4.21. The molecule has 66 valence electrons. The van der Waals surface area contributed by atoms with E-state index in [1.807, 2.05) is 11.6 Å². The molecule has 0 unspecified atom stereocenters. The largest absolute Gasteiger partial charge is 0.302 e. The SMILES string of the molecule is CSCCC(=O)Nc1nccs1. The van der Waals surface area contributed by atoms with Gasteiger partial charge in [-0.3, -0.25) is 4.79 Å². The lowest BCUT2D eigenvalue weighted by molar-refractivity contribution is -0.115. The van der Waals surface area contributed by atoms with Crippen LogP contribution in [0.5, 0.6) is 0 Å². The molecule has 0 aliphatic rings. The van der Waals surface area contributed by atoms with Gasteiger partial charge in [0.1, 0.15) is 0 Å². The van der Waals surface area contributed by atoms with Crippen molar-refractivity contribution in [1.82, 2.24) is 4.98 Å². The second kappa shape index (κ2) is 5.16. The van der Waals surface area contributed by atoms with E-state index >= 15 is 0 Å². The highest BCUT2D eigenvalue weighted by Crippen LogP contribution is 2.10. The van der Waals surface area contributed by atoms with Crippen LogP contribution in [0.1, 0.15) is 6.42 Å². The normalized spacial score (nSPS) is 9.75. The van der Waals surface area contributed by atoms with Crippen molar-refractivity contribution in [2.45, 2.75) is 6.42 Å². The quantitative estimate of drug-likeness (QED) is 0.810. The molecule has 0 aromatic carbocycles. The van der Waals surface area contributed by atoms with Crippen molar-refractivity contribution < 1.29 is 4.79 Å². The van der Waals surface area contributed by atoms with E-state index in [4.69, 9.17) is 0 Å². The Hall–Kier alpha value is -0.550. The average Bonchev–Trinajstić information content (AvgIpc) is 2.53. The monoisotopic (exact) mass is 202 g/mol. The Morgan fingerprint density at radius 2 is 2.67 bits per heavy atom. The fraction of sp³-hybridized carbons (Fsp3) is 0.429. The average molecular weight is 202 g/mol. The lowest BCUT2D eigenvalue weighted by Gasteiger charge is -1.98. The summed E-state index contributed by atoms with van der Waals surface area (Å²) in [4.78, 5) is 15.1. The number of carbonyl (C=O) groups excluding carboxylic acids is 1. The van der Waals surface area contributed by atoms with Gasteiger partial charge in [-0.15, -0.1) is 11.3 Å². The molecular weight excluding hydrogens is 192 g/mol. The molecule has 1 amide bonds. The first-order chi connectivity index (χ1) is 5.83. The van der Waals surface area contributed by atoms with Crippen LogP contribution < -0.4 is 5.32 Å². The molecule has 0 aliphatic carbocycles. The van der Waals surface area contributed by atoms with Crippen molar-refractivity contribution in [3.05, 3.63) is 11.6 Å². The summed E-state index contributed by atoms with van der Waals surface area (Å²) < 4.78 is 0. The number of carbonyl (C=O) groups is 1. The Bertz CT molecular complexity index is 236. The number of nitrogens with one attached hydrogen (secondary N) is 1. The molecule has 0 saturated heterocycles. The molecule has 0 spiro atoms. The Morgan fingerprint density at radius 1 is 1.83 bits per heavy atom. The second-order valence-electron chi connectivity index (χ2n) is 2.13. The maximum absolute atomic E-state index is 11.1. The zero-order chi connectivity index (χ0) is 8.81.